The zero-order chi connectivity index (χ0) is 19.9. The third kappa shape index (κ3) is 4.95. The maximum Gasteiger partial charge on any atom is 0.291 e. The van der Waals surface area contributed by atoms with Gasteiger partial charge in [0.05, 0.1) is 24.3 Å². The van der Waals surface area contributed by atoms with Gasteiger partial charge in [-0.25, -0.2) is 0 Å². The number of furan rings is 1. The Morgan fingerprint density at radius 1 is 1.04 bits per heavy atom. The minimum atomic E-state index is -0.346. The van der Waals surface area contributed by atoms with E-state index >= 15 is 0 Å². The van der Waals surface area contributed by atoms with Crippen molar-refractivity contribution in [3.63, 3.8) is 0 Å². The number of ether oxygens (including phenoxy) is 1. The molecular weight excluding hydrogens is 376 g/mol. The molecule has 0 radical (unpaired) electrons. The minimum Gasteiger partial charge on any atom is -0.495 e. The van der Waals surface area contributed by atoms with Gasteiger partial charge in [0, 0.05) is 10.6 Å². The summed E-state index contributed by atoms with van der Waals surface area (Å²) in [6, 6.07) is 17.8. The number of rotatable bonds is 7. The Kier molecular flexibility index (Phi) is 6.39. The number of methoxy groups -OCH3 is 1. The van der Waals surface area contributed by atoms with E-state index in [-0.39, 0.29) is 22.8 Å². The Labute approximate surface area is 167 Å². The number of hydrogen-bond donors (Lipinski definition) is 2. The fourth-order valence-electron chi connectivity index (χ4n) is 2.49. The van der Waals surface area contributed by atoms with Crippen LogP contribution in [0.5, 0.6) is 5.75 Å². The fraction of sp³-hybridized carbons (Fsp3) is 0.143. The predicted octanol–water partition coefficient (Wildman–Crippen LogP) is 4.66. The Balaban J connectivity index is 1.63. The van der Waals surface area contributed by atoms with Crippen LogP contribution >= 0.6 is 11.8 Å². The molecule has 0 aliphatic rings. The van der Waals surface area contributed by atoms with Gasteiger partial charge in [0.2, 0.25) is 5.91 Å². The van der Waals surface area contributed by atoms with Gasteiger partial charge in [-0.15, -0.1) is 11.8 Å². The van der Waals surface area contributed by atoms with Crippen molar-refractivity contribution in [3.8, 4) is 5.75 Å². The molecule has 2 N–H and O–H groups in total. The van der Waals surface area contributed by atoms with Gasteiger partial charge >= 0.3 is 0 Å². The van der Waals surface area contributed by atoms with E-state index in [4.69, 9.17) is 9.15 Å². The number of hydrogen-bond acceptors (Lipinski definition) is 5. The number of carbonyl (C=O) groups is 2. The summed E-state index contributed by atoms with van der Waals surface area (Å²) in [5, 5.41) is 5.31. The molecule has 7 heteroatoms. The van der Waals surface area contributed by atoms with E-state index < -0.39 is 0 Å². The molecule has 2 amide bonds. The number of anilines is 2. The number of amides is 2. The molecule has 3 rings (SSSR count). The lowest BCUT2D eigenvalue weighted by atomic mass is 10.3. The summed E-state index contributed by atoms with van der Waals surface area (Å²) in [6.45, 7) is 1.82. The highest BCUT2D eigenvalue weighted by atomic mass is 32.2. The molecular formula is C21H20N2O4S. The molecule has 3 aromatic rings. The molecule has 1 heterocycles. The Morgan fingerprint density at radius 3 is 2.61 bits per heavy atom. The largest absolute Gasteiger partial charge is 0.495 e. The van der Waals surface area contributed by atoms with Crippen LogP contribution in [0, 0.1) is 0 Å². The van der Waals surface area contributed by atoms with Crippen LogP contribution in [0.4, 0.5) is 11.4 Å². The summed E-state index contributed by atoms with van der Waals surface area (Å²) in [6.07, 6.45) is 1.45. The van der Waals surface area contributed by atoms with E-state index in [1.54, 1.807) is 37.4 Å². The van der Waals surface area contributed by atoms with Gasteiger partial charge in [0.1, 0.15) is 5.75 Å². The average molecular weight is 396 g/mol. The monoisotopic (exact) mass is 396 g/mol. The Hall–Kier alpha value is -3.19. The quantitative estimate of drug-likeness (QED) is 0.568. The van der Waals surface area contributed by atoms with Gasteiger partial charge in [-0.3, -0.25) is 9.59 Å². The molecule has 6 nitrogen and oxygen atoms in total. The zero-order valence-electron chi connectivity index (χ0n) is 15.5. The van der Waals surface area contributed by atoms with Crippen LogP contribution in [-0.2, 0) is 4.79 Å². The summed E-state index contributed by atoms with van der Waals surface area (Å²) in [7, 11) is 1.56. The van der Waals surface area contributed by atoms with Crippen LogP contribution in [0.3, 0.4) is 0 Å². The van der Waals surface area contributed by atoms with E-state index in [1.807, 2.05) is 37.3 Å². The highest BCUT2D eigenvalue weighted by Gasteiger charge is 2.17. The van der Waals surface area contributed by atoms with Gasteiger partial charge in [0.25, 0.3) is 5.91 Å². The normalized spacial score (nSPS) is 11.5. The number of para-hydroxylation sites is 2. The van der Waals surface area contributed by atoms with E-state index in [1.165, 1.54) is 18.0 Å². The number of nitrogens with one attached hydrogen (secondary N) is 2. The summed E-state index contributed by atoms with van der Waals surface area (Å²) in [5.74, 6) is 0.381. The summed E-state index contributed by atoms with van der Waals surface area (Å²) < 4.78 is 10.3. The molecule has 0 aliphatic carbocycles. The smallest absolute Gasteiger partial charge is 0.291 e. The first kappa shape index (κ1) is 19.6. The van der Waals surface area contributed by atoms with E-state index in [0.29, 0.717) is 17.1 Å². The van der Waals surface area contributed by atoms with E-state index in [9.17, 15) is 9.59 Å². The molecule has 1 atom stereocenters. The maximum absolute atomic E-state index is 12.5. The zero-order valence-corrected chi connectivity index (χ0v) is 16.3. The number of carbonyl (C=O) groups excluding carboxylic acids is 2. The van der Waals surface area contributed by atoms with Crippen LogP contribution in [-0.4, -0.2) is 24.2 Å². The predicted molar refractivity (Wildman–Crippen MR) is 110 cm³/mol. The summed E-state index contributed by atoms with van der Waals surface area (Å²) >= 11 is 1.40. The standard InChI is InChI=1S/C21H20N2O4S/c1-14(20(24)23-17-9-3-4-10-18(17)26-2)28-16-8-5-7-15(13-16)22-21(25)19-11-6-12-27-19/h3-14H,1-2H3,(H,22,25)(H,23,24). The molecule has 28 heavy (non-hydrogen) atoms. The van der Waals surface area contributed by atoms with Crippen molar-refractivity contribution >= 4 is 35.0 Å². The van der Waals surface area contributed by atoms with Crippen molar-refractivity contribution in [2.45, 2.75) is 17.1 Å². The third-order valence-electron chi connectivity index (χ3n) is 3.88. The highest BCUT2D eigenvalue weighted by molar-refractivity contribution is 8.00. The lowest BCUT2D eigenvalue weighted by Gasteiger charge is -2.14. The molecule has 144 valence electrons. The van der Waals surface area contributed by atoms with Crippen molar-refractivity contribution in [2.75, 3.05) is 17.7 Å². The molecule has 0 saturated heterocycles. The molecule has 0 saturated carbocycles. The first-order chi connectivity index (χ1) is 13.6. The molecule has 2 aromatic carbocycles. The molecule has 1 aromatic heterocycles. The van der Waals surface area contributed by atoms with Crippen molar-refractivity contribution in [1.29, 1.82) is 0 Å². The lowest BCUT2D eigenvalue weighted by Crippen LogP contribution is -2.22. The first-order valence-electron chi connectivity index (χ1n) is 8.62. The van der Waals surface area contributed by atoms with Crippen LogP contribution in [0.1, 0.15) is 17.5 Å². The van der Waals surface area contributed by atoms with Gasteiger partial charge in [-0.1, -0.05) is 18.2 Å². The van der Waals surface area contributed by atoms with Crippen LogP contribution in [0.2, 0.25) is 0 Å². The molecule has 0 fully saturated rings. The van der Waals surface area contributed by atoms with Gasteiger partial charge < -0.3 is 19.8 Å². The fourth-order valence-corrected chi connectivity index (χ4v) is 3.41. The molecule has 0 bridgehead atoms. The second kappa shape index (κ2) is 9.14. The topological polar surface area (TPSA) is 80.6 Å². The summed E-state index contributed by atoms with van der Waals surface area (Å²) in [5.41, 5.74) is 1.26. The minimum absolute atomic E-state index is 0.139. The maximum atomic E-state index is 12.5. The van der Waals surface area contributed by atoms with E-state index in [0.717, 1.165) is 4.90 Å². The van der Waals surface area contributed by atoms with Crippen LogP contribution in [0.15, 0.2) is 76.2 Å². The molecule has 0 aliphatic heterocycles. The van der Waals surface area contributed by atoms with Gasteiger partial charge in [0.15, 0.2) is 5.76 Å². The first-order valence-corrected chi connectivity index (χ1v) is 9.50. The van der Waals surface area contributed by atoms with Gasteiger partial charge in [-0.2, -0.15) is 0 Å². The second-order valence-corrected chi connectivity index (χ2v) is 7.32. The Bertz CT molecular complexity index is 957. The van der Waals surface area contributed by atoms with E-state index in [2.05, 4.69) is 10.6 Å². The summed E-state index contributed by atoms with van der Waals surface area (Å²) in [4.78, 5) is 25.5. The van der Waals surface area contributed by atoms with Crippen molar-refractivity contribution in [3.05, 3.63) is 72.7 Å². The highest BCUT2D eigenvalue weighted by Crippen LogP contribution is 2.28. The van der Waals surface area contributed by atoms with Crippen molar-refractivity contribution in [1.82, 2.24) is 0 Å². The van der Waals surface area contributed by atoms with Crippen molar-refractivity contribution in [2.24, 2.45) is 0 Å². The molecule has 1 unspecified atom stereocenters. The Morgan fingerprint density at radius 2 is 1.86 bits per heavy atom. The van der Waals surface area contributed by atoms with Crippen LogP contribution in [0.25, 0.3) is 0 Å². The lowest BCUT2D eigenvalue weighted by molar-refractivity contribution is -0.115. The third-order valence-corrected chi connectivity index (χ3v) is 4.98. The average Bonchev–Trinajstić information content (AvgIpc) is 3.23. The van der Waals surface area contributed by atoms with Gasteiger partial charge in [-0.05, 0) is 49.4 Å². The van der Waals surface area contributed by atoms with Crippen LogP contribution < -0.4 is 15.4 Å². The second-order valence-electron chi connectivity index (χ2n) is 5.91. The number of thioether (sulfide) groups is 1. The number of benzene rings is 2. The SMILES string of the molecule is COc1ccccc1NC(=O)C(C)Sc1cccc(NC(=O)c2ccco2)c1. The van der Waals surface area contributed by atoms with Crippen molar-refractivity contribution < 1.29 is 18.7 Å². The molecule has 0 spiro atoms.